The molecule has 134 valence electrons. The molecule has 2 aromatic carbocycles. The maximum Gasteiger partial charge on any atom is 0.354 e. The van der Waals surface area contributed by atoms with E-state index < -0.39 is 11.9 Å². The van der Waals surface area contributed by atoms with E-state index in [0.717, 1.165) is 21.8 Å². The standard InChI is InChI=1S/C21H16N2O4/c1-11-16-14-5-3-4-6-15(14)22-19(16)18(23-17(11)20(24)25)12-7-9-13(10-8-12)21(26)27-2/h3-10,22H,1-2H3,(H,24,25). The van der Waals surface area contributed by atoms with Gasteiger partial charge in [-0.3, -0.25) is 0 Å². The fourth-order valence-corrected chi connectivity index (χ4v) is 3.38. The van der Waals surface area contributed by atoms with Crippen LogP contribution in [0.2, 0.25) is 0 Å². The number of carbonyl (C=O) groups excluding carboxylic acids is 1. The highest BCUT2D eigenvalue weighted by atomic mass is 16.5. The van der Waals surface area contributed by atoms with Crippen molar-refractivity contribution in [1.82, 2.24) is 9.97 Å². The molecule has 4 rings (SSSR count). The molecule has 0 radical (unpaired) electrons. The molecule has 0 saturated carbocycles. The highest BCUT2D eigenvalue weighted by Gasteiger charge is 2.20. The van der Waals surface area contributed by atoms with Crippen molar-refractivity contribution in [2.24, 2.45) is 0 Å². The Balaban J connectivity index is 2.03. The molecular formula is C21H16N2O4. The molecule has 2 heterocycles. The van der Waals surface area contributed by atoms with E-state index >= 15 is 0 Å². The smallest absolute Gasteiger partial charge is 0.354 e. The second-order valence-electron chi connectivity index (χ2n) is 6.23. The molecular weight excluding hydrogens is 344 g/mol. The van der Waals surface area contributed by atoms with Crippen LogP contribution in [-0.2, 0) is 4.74 Å². The zero-order valence-electron chi connectivity index (χ0n) is 14.7. The van der Waals surface area contributed by atoms with E-state index in [1.165, 1.54) is 7.11 Å². The van der Waals surface area contributed by atoms with E-state index in [1.54, 1.807) is 31.2 Å². The molecule has 0 spiro atoms. The second kappa shape index (κ2) is 6.25. The third-order valence-corrected chi connectivity index (χ3v) is 4.68. The number of para-hydroxylation sites is 1. The fraction of sp³-hybridized carbons (Fsp3) is 0.0952. The number of hydrogen-bond donors (Lipinski definition) is 2. The number of rotatable bonds is 3. The average molecular weight is 360 g/mol. The van der Waals surface area contributed by atoms with E-state index in [4.69, 9.17) is 4.74 Å². The third-order valence-electron chi connectivity index (χ3n) is 4.68. The first-order chi connectivity index (χ1) is 13.0. The predicted molar refractivity (Wildman–Crippen MR) is 102 cm³/mol. The Hall–Kier alpha value is -3.67. The number of benzene rings is 2. The molecule has 0 aliphatic heterocycles. The van der Waals surface area contributed by atoms with E-state index in [2.05, 4.69) is 9.97 Å². The molecule has 0 aliphatic rings. The van der Waals surface area contributed by atoms with Gasteiger partial charge >= 0.3 is 11.9 Å². The number of carboxylic acids is 1. The topological polar surface area (TPSA) is 92.3 Å². The number of esters is 1. The first-order valence-electron chi connectivity index (χ1n) is 8.34. The Morgan fingerprint density at radius 1 is 1.07 bits per heavy atom. The third kappa shape index (κ3) is 2.62. The Morgan fingerprint density at radius 3 is 2.44 bits per heavy atom. The minimum Gasteiger partial charge on any atom is -0.477 e. The number of nitrogens with zero attached hydrogens (tertiary/aromatic N) is 1. The first kappa shape index (κ1) is 16.8. The predicted octanol–water partition coefficient (Wildman–Crippen LogP) is 4.18. The second-order valence-corrected chi connectivity index (χ2v) is 6.23. The van der Waals surface area contributed by atoms with Gasteiger partial charge in [0.15, 0.2) is 5.69 Å². The number of fused-ring (bicyclic) bond motifs is 3. The number of pyridine rings is 1. The van der Waals surface area contributed by atoms with E-state index in [1.807, 2.05) is 24.3 Å². The van der Waals surface area contributed by atoms with Crippen LogP contribution < -0.4 is 0 Å². The molecule has 0 fully saturated rings. The Kier molecular flexibility index (Phi) is 3.88. The zero-order chi connectivity index (χ0) is 19.1. The van der Waals surface area contributed by atoms with Crippen molar-refractivity contribution < 1.29 is 19.4 Å². The van der Waals surface area contributed by atoms with E-state index in [-0.39, 0.29) is 5.69 Å². The molecule has 6 heteroatoms. The van der Waals surface area contributed by atoms with Gasteiger partial charge in [-0.05, 0) is 30.7 Å². The molecule has 27 heavy (non-hydrogen) atoms. The molecule has 0 aliphatic carbocycles. The van der Waals surface area contributed by atoms with Crippen LogP contribution in [0.4, 0.5) is 0 Å². The number of methoxy groups -OCH3 is 1. The lowest BCUT2D eigenvalue weighted by atomic mass is 10.0. The number of aromatic carboxylic acids is 1. The van der Waals surface area contributed by atoms with Crippen molar-refractivity contribution in [2.45, 2.75) is 6.92 Å². The summed E-state index contributed by atoms with van der Waals surface area (Å²) in [6.07, 6.45) is 0. The largest absolute Gasteiger partial charge is 0.477 e. The molecule has 0 saturated heterocycles. The van der Waals surface area contributed by atoms with Crippen LogP contribution in [0.25, 0.3) is 33.1 Å². The summed E-state index contributed by atoms with van der Waals surface area (Å²) in [5.41, 5.74) is 3.96. The summed E-state index contributed by atoms with van der Waals surface area (Å²) < 4.78 is 4.72. The zero-order valence-corrected chi connectivity index (χ0v) is 14.7. The lowest BCUT2D eigenvalue weighted by molar-refractivity contribution is 0.0599. The summed E-state index contributed by atoms with van der Waals surface area (Å²) in [6.45, 7) is 1.77. The van der Waals surface area contributed by atoms with Crippen molar-refractivity contribution in [2.75, 3.05) is 7.11 Å². The number of H-pyrrole nitrogens is 1. The van der Waals surface area contributed by atoms with Gasteiger partial charge in [-0.15, -0.1) is 0 Å². The van der Waals surface area contributed by atoms with Gasteiger partial charge in [-0.2, -0.15) is 0 Å². The van der Waals surface area contributed by atoms with Crippen LogP contribution in [0.5, 0.6) is 0 Å². The molecule has 0 bridgehead atoms. The van der Waals surface area contributed by atoms with Gasteiger partial charge in [-0.25, -0.2) is 14.6 Å². The number of hydrogen-bond acceptors (Lipinski definition) is 4. The van der Waals surface area contributed by atoms with Crippen LogP contribution >= 0.6 is 0 Å². The number of ether oxygens (including phenoxy) is 1. The lowest BCUT2D eigenvalue weighted by Gasteiger charge is -2.09. The molecule has 4 aromatic rings. The van der Waals surface area contributed by atoms with Crippen molar-refractivity contribution in [3.05, 3.63) is 65.4 Å². The number of aromatic nitrogens is 2. The van der Waals surface area contributed by atoms with Crippen molar-refractivity contribution in [3.8, 4) is 11.3 Å². The number of aromatic amines is 1. The highest BCUT2D eigenvalue weighted by molar-refractivity contribution is 6.14. The Bertz CT molecular complexity index is 1210. The van der Waals surface area contributed by atoms with Crippen LogP contribution in [0, 0.1) is 6.92 Å². The summed E-state index contributed by atoms with van der Waals surface area (Å²) in [5.74, 6) is -1.51. The van der Waals surface area contributed by atoms with Crippen molar-refractivity contribution in [3.63, 3.8) is 0 Å². The van der Waals surface area contributed by atoms with Crippen LogP contribution in [-0.4, -0.2) is 34.1 Å². The average Bonchev–Trinajstić information content (AvgIpc) is 3.07. The van der Waals surface area contributed by atoms with Crippen molar-refractivity contribution >= 4 is 33.7 Å². The molecule has 0 unspecified atom stereocenters. The number of carboxylic acid groups (broad SMARTS) is 1. The minimum absolute atomic E-state index is 0.0132. The Morgan fingerprint density at radius 2 is 1.78 bits per heavy atom. The molecule has 2 N–H and O–H groups in total. The van der Waals surface area contributed by atoms with Crippen LogP contribution in [0.15, 0.2) is 48.5 Å². The quantitative estimate of drug-likeness (QED) is 0.535. The number of aryl methyl sites for hydroxylation is 1. The van der Waals surface area contributed by atoms with Gasteiger partial charge in [0.1, 0.15) is 0 Å². The highest BCUT2D eigenvalue weighted by Crippen LogP contribution is 2.35. The van der Waals surface area contributed by atoms with E-state index in [9.17, 15) is 14.7 Å². The normalized spacial score (nSPS) is 11.0. The summed E-state index contributed by atoms with van der Waals surface area (Å²) in [5, 5.41) is 11.4. The van der Waals surface area contributed by atoms with Crippen molar-refractivity contribution in [1.29, 1.82) is 0 Å². The van der Waals surface area contributed by atoms with E-state index in [0.29, 0.717) is 22.4 Å². The van der Waals surface area contributed by atoms with Gasteiger partial charge in [0.05, 0.1) is 23.9 Å². The van der Waals surface area contributed by atoms with Gasteiger partial charge < -0.3 is 14.8 Å². The Labute approximate surface area is 154 Å². The summed E-state index contributed by atoms with van der Waals surface area (Å²) in [6, 6.07) is 14.5. The minimum atomic E-state index is -1.08. The monoisotopic (exact) mass is 360 g/mol. The van der Waals surface area contributed by atoms with Crippen LogP contribution in [0.3, 0.4) is 0 Å². The maximum absolute atomic E-state index is 11.8. The molecule has 6 nitrogen and oxygen atoms in total. The lowest BCUT2D eigenvalue weighted by Crippen LogP contribution is -2.06. The maximum atomic E-state index is 11.8. The fourth-order valence-electron chi connectivity index (χ4n) is 3.38. The molecule has 2 aromatic heterocycles. The van der Waals surface area contributed by atoms with Gasteiger partial charge in [0, 0.05) is 21.9 Å². The molecule has 0 amide bonds. The number of carbonyl (C=O) groups is 2. The summed E-state index contributed by atoms with van der Waals surface area (Å²) in [7, 11) is 1.32. The number of nitrogens with one attached hydrogen (secondary N) is 1. The first-order valence-corrected chi connectivity index (χ1v) is 8.34. The SMILES string of the molecule is COC(=O)c1ccc(-c2nc(C(=O)O)c(C)c3c2[nH]c2ccccc23)cc1. The summed E-state index contributed by atoms with van der Waals surface area (Å²) in [4.78, 5) is 31.2. The van der Waals surface area contributed by atoms with Gasteiger partial charge in [0.25, 0.3) is 0 Å². The molecule has 0 atom stereocenters. The van der Waals surface area contributed by atoms with Gasteiger partial charge in [0.2, 0.25) is 0 Å². The summed E-state index contributed by atoms with van der Waals surface area (Å²) >= 11 is 0. The van der Waals surface area contributed by atoms with Gasteiger partial charge in [-0.1, -0.05) is 30.3 Å². The van der Waals surface area contributed by atoms with Crippen LogP contribution in [0.1, 0.15) is 26.4 Å².